The van der Waals surface area contributed by atoms with Gasteiger partial charge in [0.2, 0.25) is 0 Å². The lowest BCUT2D eigenvalue weighted by Crippen LogP contribution is -2.39. The number of carbonyl (C=O) groups excluding carboxylic acids is 1. The number of benzene rings is 3. The molecular formula is C28H34N2O2. The number of nitrogens with zero attached hydrogens (tertiary/aromatic N) is 1. The van der Waals surface area contributed by atoms with Crippen molar-refractivity contribution in [3.05, 3.63) is 72.3 Å². The summed E-state index contributed by atoms with van der Waals surface area (Å²) in [5.74, 6) is 1.46. The molecule has 0 aromatic heterocycles. The van der Waals surface area contributed by atoms with Gasteiger partial charge < -0.3 is 15.0 Å². The highest BCUT2D eigenvalue weighted by Crippen LogP contribution is 2.25. The Balaban J connectivity index is 1.36. The standard InChI is InChI=1S/C28H34N2O2/c1-4-27(32-26-14-11-23-7-5-6-8-24(23)19-26)28(31)29-21(3)22-9-12-25(13-10-22)30-17-15-20(2)16-18-30/h5-14,19-21,27H,4,15-18H2,1-3H3,(H,29,31)/t21-,27+/m1/s1. The van der Waals surface area contributed by atoms with Gasteiger partial charge in [0.05, 0.1) is 6.04 Å². The van der Waals surface area contributed by atoms with Crippen LogP contribution in [-0.4, -0.2) is 25.1 Å². The second-order valence-corrected chi connectivity index (χ2v) is 9.02. The van der Waals surface area contributed by atoms with Gasteiger partial charge in [-0.1, -0.05) is 56.3 Å². The quantitative estimate of drug-likeness (QED) is 0.492. The number of carbonyl (C=O) groups is 1. The van der Waals surface area contributed by atoms with Gasteiger partial charge in [0.1, 0.15) is 5.75 Å². The second kappa shape index (κ2) is 10.1. The number of ether oxygens (including phenoxy) is 1. The third-order valence-corrected chi connectivity index (χ3v) is 6.56. The first-order valence-corrected chi connectivity index (χ1v) is 11.8. The number of anilines is 1. The van der Waals surface area contributed by atoms with Gasteiger partial charge in [0.25, 0.3) is 5.91 Å². The summed E-state index contributed by atoms with van der Waals surface area (Å²) in [6.07, 6.45) is 2.60. The van der Waals surface area contributed by atoms with Crippen molar-refractivity contribution in [3.8, 4) is 5.75 Å². The third-order valence-electron chi connectivity index (χ3n) is 6.56. The van der Waals surface area contributed by atoms with E-state index >= 15 is 0 Å². The SMILES string of the molecule is CC[C@H](Oc1ccc2ccccc2c1)C(=O)N[C@H](C)c1ccc(N2CCC(C)CC2)cc1. The summed E-state index contributed by atoms with van der Waals surface area (Å²) < 4.78 is 6.06. The molecule has 0 bridgehead atoms. The molecule has 3 aromatic carbocycles. The van der Waals surface area contributed by atoms with Crippen LogP contribution in [0.3, 0.4) is 0 Å². The van der Waals surface area contributed by atoms with E-state index in [1.54, 1.807) is 0 Å². The van der Waals surface area contributed by atoms with Crippen molar-refractivity contribution in [1.29, 1.82) is 0 Å². The summed E-state index contributed by atoms with van der Waals surface area (Å²) in [4.78, 5) is 15.4. The van der Waals surface area contributed by atoms with Crippen molar-refractivity contribution < 1.29 is 9.53 Å². The zero-order valence-corrected chi connectivity index (χ0v) is 19.4. The predicted octanol–water partition coefficient (Wildman–Crippen LogP) is 6.11. The Kier molecular flexibility index (Phi) is 6.99. The van der Waals surface area contributed by atoms with Crippen LogP contribution in [0.4, 0.5) is 5.69 Å². The van der Waals surface area contributed by atoms with Crippen LogP contribution in [0.25, 0.3) is 10.8 Å². The van der Waals surface area contributed by atoms with Gasteiger partial charge in [-0.25, -0.2) is 0 Å². The zero-order valence-electron chi connectivity index (χ0n) is 19.4. The van der Waals surface area contributed by atoms with Gasteiger partial charge in [-0.2, -0.15) is 0 Å². The van der Waals surface area contributed by atoms with Crippen molar-refractivity contribution >= 4 is 22.4 Å². The fourth-order valence-corrected chi connectivity index (χ4v) is 4.36. The maximum atomic E-state index is 12.9. The maximum Gasteiger partial charge on any atom is 0.261 e. The molecule has 1 aliphatic rings. The van der Waals surface area contributed by atoms with Crippen molar-refractivity contribution in [3.63, 3.8) is 0 Å². The largest absolute Gasteiger partial charge is 0.481 e. The fraction of sp³-hybridized carbons (Fsp3) is 0.393. The molecule has 0 saturated carbocycles. The highest BCUT2D eigenvalue weighted by molar-refractivity contribution is 5.84. The Morgan fingerprint density at radius 3 is 2.41 bits per heavy atom. The van der Waals surface area contributed by atoms with Crippen LogP contribution >= 0.6 is 0 Å². The molecule has 4 rings (SSSR count). The van der Waals surface area contributed by atoms with Gasteiger partial charge >= 0.3 is 0 Å². The molecule has 168 valence electrons. The molecule has 1 saturated heterocycles. The molecule has 1 fully saturated rings. The van der Waals surface area contributed by atoms with Gasteiger partial charge in [-0.05, 0) is 72.7 Å². The van der Waals surface area contributed by atoms with Crippen molar-refractivity contribution in [2.75, 3.05) is 18.0 Å². The van der Waals surface area contributed by atoms with E-state index in [1.165, 1.54) is 18.5 Å². The van der Waals surface area contributed by atoms with Crippen molar-refractivity contribution in [2.24, 2.45) is 5.92 Å². The monoisotopic (exact) mass is 430 g/mol. The van der Waals surface area contributed by atoms with Crippen molar-refractivity contribution in [2.45, 2.75) is 52.2 Å². The summed E-state index contributed by atoms with van der Waals surface area (Å²) in [5, 5.41) is 5.40. The number of piperidine rings is 1. The molecule has 0 aliphatic carbocycles. The molecule has 1 amide bonds. The Hall–Kier alpha value is -3.01. The molecule has 1 aliphatic heterocycles. The summed E-state index contributed by atoms with van der Waals surface area (Å²) in [6, 6.07) is 22.6. The van der Waals surface area contributed by atoms with Crippen LogP contribution in [0.1, 0.15) is 51.6 Å². The molecule has 4 nitrogen and oxygen atoms in total. The molecule has 3 aromatic rings. The van der Waals surface area contributed by atoms with E-state index < -0.39 is 6.10 Å². The van der Waals surface area contributed by atoms with Crippen molar-refractivity contribution in [1.82, 2.24) is 5.32 Å². The highest BCUT2D eigenvalue weighted by atomic mass is 16.5. The number of hydrogen-bond donors (Lipinski definition) is 1. The summed E-state index contributed by atoms with van der Waals surface area (Å²) in [7, 11) is 0. The maximum absolute atomic E-state index is 12.9. The van der Waals surface area contributed by atoms with E-state index in [0.29, 0.717) is 6.42 Å². The highest BCUT2D eigenvalue weighted by Gasteiger charge is 2.21. The molecule has 2 atom stereocenters. The number of fused-ring (bicyclic) bond motifs is 1. The van der Waals surface area contributed by atoms with E-state index in [2.05, 4.69) is 53.5 Å². The van der Waals surface area contributed by atoms with Crippen LogP contribution in [0.2, 0.25) is 0 Å². The first-order valence-electron chi connectivity index (χ1n) is 11.8. The van der Waals surface area contributed by atoms with E-state index in [0.717, 1.165) is 41.1 Å². The number of rotatable bonds is 7. The first kappa shape index (κ1) is 22.2. The fourth-order valence-electron chi connectivity index (χ4n) is 4.36. The Morgan fingerprint density at radius 1 is 1.03 bits per heavy atom. The third kappa shape index (κ3) is 5.24. The minimum Gasteiger partial charge on any atom is -0.481 e. The number of hydrogen-bond acceptors (Lipinski definition) is 3. The smallest absolute Gasteiger partial charge is 0.261 e. The molecule has 0 radical (unpaired) electrons. The predicted molar refractivity (Wildman–Crippen MR) is 132 cm³/mol. The first-order chi connectivity index (χ1) is 15.5. The van der Waals surface area contributed by atoms with Gasteiger partial charge in [0, 0.05) is 18.8 Å². The summed E-state index contributed by atoms with van der Waals surface area (Å²) >= 11 is 0. The normalized spacial score (nSPS) is 16.5. The van der Waals surface area contributed by atoms with E-state index in [1.807, 2.05) is 44.2 Å². The summed E-state index contributed by atoms with van der Waals surface area (Å²) in [5.41, 5.74) is 2.37. The van der Waals surface area contributed by atoms with Crippen LogP contribution in [0, 0.1) is 5.92 Å². The number of amides is 1. The summed E-state index contributed by atoms with van der Waals surface area (Å²) in [6.45, 7) is 8.58. The lowest BCUT2D eigenvalue weighted by Gasteiger charge is -2.32. The minimum atomic E-state index is -0.520. The second-order valence-electron chi connectivity index (χ2n) is 9.02. The molecule has 1 heterocycles. The lowest BCUT2D eigenvalue weighted by atomic mass is 9.98. The Bertz CT molecular complexity index is 1040. The van der Waals surface area contributed by atoms with Crippen LogP contribution in [-0.2, 0) is 4.79 Å². The van der Waals surface area contributed by atoms with Gasteiger partial charge in [-0.15, -0.1) is 0 Å². The number of nitrogens with one attached hydrogen (secondary N) is 1. The van der Waals surface area contributed by atoms with Crippen LogP contribution in [0.5, 0.6) is 5.75 Å². The average molecular weight is 431 g/mol. The van der Waals surface area contributed by atoms with Gasteiger partial charge in [0.15, 0.2) is 6.10 Å². The Morgan fingerprint density at radius 2 is 1.72 bits per heavy atom. The molecule has 0 spiro atoms. The molecule has 0 unspecified atom stereocenters. The van der Waals surface area contributed by atoms with Crippen LogP contribution < -0.4 is 15.0 Å². The molecular weight excluding hydrogens is 396 g/mol. The van der Waals surface area contributed by atoms with Gasteiger partial charge in [-0.3, -0.25) is 4.79 Å². The van der Waals surface area contributed by atoms with E-state index in [-0.39, 0.29) is 11.9 Å². The van der Waals surface area contributed by atoms with E-state index in [4.69, 9.17) is 4.74 Å². The minimum absolute atomic E-state index is 0.0767. The topological polar surface area (TPSA) is 41.6 Å². The molecule has 1 N–H and O–H groups in total. The van der Waals surface area contributed by atoms with Crippen LogP contribution in [0.15, 0.2) is 66.7 Å². The lowest BCUT2D eigenvalue weighted by molar-refractivity contribution is -0.128. The Labute approximate surface area is 191 Å². The van der Waals surface area contributed by atoms with E-state index in [9.17, 15) is 4.79 Å². The molecule has 4 heteroatoms. The molecule has 32 heavy (non-hydrogen) atoms. The average Bonchev–Trinajstić information content (AvgIpc) is 2.83. The zero-order chi connectivity index (χ0) is 22.5.